The minimum atomic E-state index is -1.02. The Morgan fingerprint density at radius 1 is 1.14 bits per heavy atom. The Bertz CT molecular complexity index is 1500. The molecule has 2 heterocycles. The summed E-state index contributed by atoms with van der Waals surface area (Å²) in [5.41, 5.74) is 3.13. The van der Waals surface area contributed by atoms with E-state index in [4.69, 9.17) is 9.47 Å². The first-order valence-electron chi connectivity index (χ1n) is 11.0. The van der Waals surface area contributed by atoms with E-state index in [-0.39, 0.29) is 36.0 Å². The summed E-state index contributed by atoms with van der Waals surface area (Å²) < 4.78 is 13.4. The molecule has 0 aliphatic carbocycles. The first kappa shape index (κ1) is 24.5. The second-order valence-electron chi connectivity index (χ2n) is 8.03. The summed E-state index contributed by atoms with van der Waals surface area (Å²) in [6.07, 6.45) is -1.02. The Morgan fingerprint density at radius 3 is 2.47 bits per heavy atom. The van der Waals surface area contributed by atoms with Gasteiger partial charge in [-0.1, -0.05) is 0 Å². The Hall–Kier alpha value is -4.58. The standard InChI is InChI=1S/C24H26N6O6/c1-14(15-4-6-16(31)7-5-15)27-28-23-25-21-20(22(33)26-24(34)29(21)2)30(23)12-17(32)13-36-19-10-8-18(35-3)9-11-19/h4-11,17,31-32H,12-13H2,1-3H3,(H,25,28)(H,26,33,34)/b27-14-/t17-/m0/s1. The first-order chi connectivity index (χ1) is 17.3. The van der Waals surface area contributed by atoms with Gasteiger partial charge >= 0.3 is 5.69 Å². The van der Waals surface area contributed by atoms with Crippen LogP contribution in [0.5, 0.6) is 17.2 Å². The van der Waals surface area contributed by atoms with Crippen LogP contribution in [0.1, 0.15) is 12.5 Å². The fraction of sp³-hybridized carbons (Fsp3) is 0.250. The number of aryl methyl sites for hydroxylation is 1. The van der Waals surface area contributed by atoms with Crippen molar-refractivity contribution in [1.29, 1.82) is 0 Å². The highest BCUT2D eigenvalue weighted by molar-refractivity contribution is 5.99. The molecule has 4 N–H and O–H groups in total. The lowest BCUT2D eigenvalue weighted by Crippen LogP contribution is -2.30. The highest BCUT2D eigenvalue weighted by atomic mass is 16.5. The van der Waals surface area contributed by atoms with Crippen molar-refractivity contribution in [1.82, 2.24) is 19.1 Å². The number of phenolic OH excluding ortho intramolecular Hbond substituents is 1. The maximum atomic E-state index is 12.7. The number of nitrogens with one attached hydrogen (secondary N) is 2. The molecule has 12 heteroatoms. The Balaban J connectivity index is 1.62. The molecule has 0 radical (unpaired) electrons. The van der Waals surface area contributed by atoms with Crippen molar-refractivity contribution in [2.75, 3.05) is 19.1 Å². The quantitative estimate of drug-likeness (QED) is 0.201. The fourth-order valence-electron chi connectivity index (χ4n) is 3.53. The number of hydrogen-bond donors (Lipinski definition) is 4. The summed E-state index contributed by atoms with van der Waals surface area (Å²) in [6.45, 7) is 1.63. The monoisotopic (exact) mass is 494 g/mol. The number of ether oxygens (including phenoxy) is 2. The van der Waals surface area contributed by atoms with Gasteiger partial charge in [-0.25, -0.2) is 10.2 Å². The largest absolute Gasteiger partial charge is 0.508 e. The lowest BCUT2D eigenvalue weighted by molar-refractivity contribution is 0.0938. The van der Waals surface area contributed by atoms with Gasteiger partial charge in [0.25, 0.3) is 5.56 Å². The van der Waals surface area contributed by atoms with Crippen LogP contribution < -0.4 is 26.1 Å². The number of methoxy groups -OCH3 is 1. The SMILES string of the molecule is COc1ccc(OC[C@@H](O)Cn2c(N/N=C(/C)c3ccc(O)cc3)nc3c2c(=O)[nH]c(=O)n3C)cc1. The van der Waals surface area contributed by atoms with Crippen LogP contribution in [-0.4, -0.2) is 54.8 Å². The minimum Gasteiger partial charge on any atom is -0.508 e. The maximum absolute atomic E-state index is 12.7. The molecule has 0 bridgehead atoms. The molecule has 4 aromatic rings. The summed E-state index contributed by atoms with van der Waals surface area (Å²) in [5.74, 6) is 1.50. The van der Waals surface area contributed by atoms with E-state index in [1.807, 2.05) is 0 Å². The van der Waals surface area contributed by atoms with Crippen LogP contribution in [0.25, 0.3) is 11.2 Å². The molecule has 188 valence electrons. The average Bonchev–Trinajstić information content (AvgIpc) is 3.24. The second-order valence-corrected chi connectivity index (χ2v) is 8.03. The minimum absolute atomic E-state index is 0.0646. The number of benzene rings is 2. The zero-order valence-corrected chi connectivity index (χ0v) is 19.9. The van der Waals surface area contributed by atoms with E-state index in [1.165, 1.54) is 28.3 Å². The van der Waals surface area contributed by atoms with Crippen molar-refractivity contribution < 1.29 is 19.7 Å². The zero-order chi connectivity index (χ0) is 25.8. The van der Waals surface area contributed by atoms with E-state index >= 15 is 0 Å². The zero-order valence-electron chi connectivity index (χ0n) is 19.9. The molecule has 0 spiro atoms. The number of aliphatic hydroxyl groups excluding tert-OH is 1. The van der Waals surface area contributed by atoms with Crippen LogP contribution in [-0.2, 0) is 13.6 Å². The summed E-state index contributed by atoms with van der Waals surface area (Å²) >= 11 is 0. The Labute approximate surface area is 205 Å². The van der Waals surface area contributed by atoms with Crippen LogP contribution in [0.2, 0.25) is 0 Å². The lowest BCUT2D eigenvalue weighted by atomic mass is 10.1. The Kier molecular flexibility index (Phi) is 7.06. The number of fused-ring (bicyclic) bond motifs is 1. The molecule has 2 aromatic heterocycles. The van der Waals surface area contributed by atoms with Gasteiger partial charge in [-0.3, -0.25) is 14.3 Å². The van der Waals surface area contributed by atoms with Gasteiger partial charge in [-0.2, -0.15) is 10.1 Å². The van der Waals surface area contributed by atoms with E-state index < -0.39 is 17.4 Å². The maximum Gasteiger partial charge on any atom is 0.329 e. The third-order valence-corrected chi connectivity index (χ3v) is 5.51. The highest BCUT2D eigenvalue weighted by Crippen LogP contribution is 2.19. The van der Waals surface area contributed by atoms with Crippen LogP contribution in [0, 0.1) is 0 Å². The molecule has 0 amide bonds. The fourth-order valence-corrected chi connectivity index (χ4v) is 3.53. The van der Waals surface area contributed by atoms with Crippen LogP contribution in [0.15, 0.2) is 63.2 Å². The molecule has 0 fully saturated rings. The number of imidazole rings is 1. The molecule has 1 atom stereocenters. The van der Waals surface area contributed by atoms with Crippen molar-refractivity contribution in [2.24, 2.45) is 12.1 Å². The molecule has 0 saturated heterocycles. The number of rotatable bonds is 9. The molecule has 0 unspecified atom stereocenters. The molecule has 0 aliphatic rings. The number of H-pyrrole nitrogens is 1. The van der Waals surface area contributed by atoms with Crippen LogP contribution in [0.3, 0.4) is 0 Å². The molecule has 4 rings (SSSR count). The number of aromatic amines is 1. The van der Waals surface area contributed by atoms with Crippen molar-refractivity contribution in [3.8, 4) is 17.2 Å². The summed E-state index contributed by atoms with van der Waals surface area (Å²) in [4.78, 5) is 31.4. The molecule has 12 nitrogen and oxygen atoms in total. The Morgan fingerprint density at radius 2 is 1.81 bits per heavy atom. The number of aromatic nitrogens is 4. The van der Waals surface area contributed by atoms with Gasteiger partial charge in [0, 0.05) is 7.05 Å². The predicted octanol–water partition coefficient (Wildman–Crippen LogP) is 1.41. The molecular weight excluding hydrogens is 468 g/mol. The lowest BCUT2D eigenvalue weighted by Gasteiger charge is -2.15. The number of anilines is 1. The number of hydrazone groups is 1. The third kappa shape index (κ3) is 5.23. The van der Waals surface area contributed by atoms with Gasteiger partial charge in [-0.15, -0.1) is 0 Å². The van der Waals surface area contributed by atoms with E-state index in [9.17, 15) is 19.8 Å². The van der Waals surface area contributed by atoms with Crippen molar-refractivity contribution in [3.63, 3.8) is 0 Å². The topological polar surface area (TPSA) is 156 Å². The smallest absolute Gasteiger partial charge is 0.329 e. The number of phenols is 1. The van der Waals surface area contributed by atoms with Crippen LogP contribution in [0.4, 0.5) is 5.95 Å². The van der Waals surface area contributed by atoms with Crippen molar-refractivity contribution in [2.45, 2.75) is 19.6 Å². The normalized spacial score (nSPS) is 12.5. The number of hydrogen-bond acceptors (Lipinski definition) is 9. The second kappa shape index (κ2) is 10.4. The average molecular weight is 495 g/mol. The summed E-state index contributed by atoms with van der Waals surface area (Å²) in [7, 11) is 3.05. The highest BCUT2D eigenvalue weighted by Gasteiger charge is 2.20. The van der Waals surface area contributed by atoms with Gasteiger partial charge in [0.05, 0.1) is 19.4 Å². The van der Waals surface area contributed by atoms with E-state index in [1.54, 1.807) is 50.4 Å². The molecular formula is C24H26N6O6. The van der Waals surface area contributed by atoms with E-state index in [2.05, 4.69) is 20.5 Å². The third-order valence-electron chi connectivity index (χ3n) is 5.51. The number of aromatic hydroxyl groups is 1. The van der Waals surface area contributed by atoms with Gasteiger partial charge in [0.1, 0.15) is 30.0 Å². The van der Waals surface area contributed by atoms with Crippen molar-refractivity contribution in [3.05, 3.63) is 74.9 Å². The molecule has 2 aromatic carbocycles. The molecule has 0 aliphatic heterocycles. The molecule has 0 saturated carbocycles. The predicted molar refractivity (Wildman–Crippen MR) is 134 cm³/mol. The molecule has 36 heavy (non-hydrogen) atoms. The van der Waals surface area contributed by atoms with Gasteiger partial charge < -0.3 is 24.3 Å². The van der Waals surface area contributed by atoms with Crippen molar-refractivity contribution >= 4 is 22.8 Å². The number of nitrogens with zero attached hydrogens (tertiary/aromatic N) is 4. The summed E-state index contributed by atoms with van der Waals surface area (Å²) in [5, 5.41) is 24.5. The summed E-state index contributed by atoms with van der Waals surface area (Å²) in [6, 6.07) is 13.4. The van der Waals surface area contributed by atoms with Crippen LogP contribution >= 0.6 is 0 Å². The number of aliphatic hydroxyl groups is 1. The van der Waals surface area contributed by atoms with Gasteiger partial charge in [-0.05, 0) is 61.0 Å². The van der Waals surface area contributed by atoms with E-state index in [0.717, 1.165) is 5.56 Å². The van der Waals surface area contributed by atoms with Gasteiger partial charge in [0.2, 0.25) is 5.95 Å². The van der Waals surface area contributed by atoms with E-state index in [0.29, 0.717) is 17.2 Å². The first-order valence-corrected chi connectivity index (χ1v) is 11.0. The van der Waals surface area contributed by atoms with Gasteiger partial charge in [0.15, 0.2) is 11.2 Å².